The number of alkyl halides is 2. The van der Waals surface area contributed by atoms with Gasteiger partial charge in [-0.2, -0.15) is 0 Å². The monoisotopic (exact) mass is 207 g/mol. The second-order valence-electron chi connectivity index (χ2n) is 3.81. The van der Waals surface area contributed by atoms with Gasteiger partial charge in [0.2, 0.25) is 0 Å². The molecule has 1 fully saturated rings. The molecule has 0 saturated heterocycles. The van der Waals surface area contributed by atoms with Crippen LogP contribution in [-0.2, 0) is 4.74 Å². The van der Waals surface area contributed by atoms with Crippen LogP contribution in [0.15, 0.2) is 0 Å². The van der Waals surface area contributed by atoms with E-state index in [0.717, 1.165) is 32.2 Å². The largest absolute Gasteiger partial charge is 0.372 e. The zero-order valence-electron chi connectivity index (χ0n) is 8.64. The number of hydrogen-bond donors (Lipinski definition) is 1. The van der Waals surface area contributed by atoms with E-state index in [1.54, 1.807) is 0 Å². The van der Waals surface area contributed by atoms with E-state index in [2.05, 4.69) is 12.2 Å². The van der Waals surface area contributed by atoms with Crippen molar-refractivity contribution in [3.05, 3.63) is 0 Å². The van der Waals surface area contributed by atoms with E-state index in [0.29, 0.717) is 6.04 Å². The number of hydrogen-bond acceptors (Lipinski definition) is 2. The van der Waals surface area contributed by atoms with Crippen molar-refractivity contribution in [2.75, 3.05) is 13.2 Å². The molecule has 0 aromatic carbocycles. The number of ether oxygens (including phenoxy) is 1. The molecule has 1 aliphatic rings. The topological polar surface area (TPSA) is 21.3 Å². The molecule has 0 radical (unpaired) electrons. The molecule has 0 aromatic heterocycles. The highest BCUT2D eigenvalue weighted by atomic mass is 19.3. The summed E-state index contributed by atoms with van der Waals surface area (Å²) in [4.78, 5) is 0. The summed E-state index contributed by atoms with van der Waals surface area (Å²) in [6.07, 6.45) is 1.66. The molecule has 0 amide bonds. The Morgan fingerprint density at radius 2 is 2.21 bits per heavy atom. The van der Waals surface area contributed by atoms with E-state index in [1.165, 1.54) is 0 Å². The average molecular weight is 207 g/mol. The first-order valence-electron chi connectivity index (χ1n) is 5.35. The minimum Gasteiger partial charge on any atom is -0.372 e. The van der Waals surface area contributed by atoms with Gasteiger partial charge in [0.15, 0.2) is 0 Å². The van der Waals surface area contributed by atoms with Crippen LogP contribution in [0.3, 0.4) is 0 Å². The van der Waals surface area contributed by atoms with E-state index in [-0.39, 0.29) is 6.10 Å². The van der Waals surface area contributed by atoms with Gasteiger partial charge in [0.05, 0.1) is 6.10 Å². The van der Waals surface area contributed by atoms with Crippen molar-refractivity contribution >= 4 is 0 Å². The predicted molar refractivity (Wildman–Crippen MR) is 51.7 cm³/mol. The second-order valence-corrected chi connectivity index (χ2v) is 3.81. The predicted octanol–water partition coefficient (Wildman–Crippen LogP) is 2.19. The lowest BCUT2D eigenvalue weighted by molar-refractivity contribution is -0.0217. The lowest BCUT2D eigenvalue weighted by Crippen LogP contribution is -2.28. The first kappa shape index (κ1) is 11.9. The van der Waals surface area contributed by atoms with Gasteiger partial charge >= 0.3 is 0 Å². The molecule has 2 atom stereocenters. The van der Waals surface area contributed by atoms with Crippen LogP contribution in [0.2, 0.25) is 0 Å². The lowest BCUT2D eigenvalue weighted by Gasteiger charge is -2.13. The van der Waals surface area contributed by atoms with Crippen molar-refractivity contribution in [1.29, 1.82) is 0 Å². The van der Waals surface area contributed by atoms with Gasteiger partial charge in [-0.05, 0) is 32.2 Å². The Kier molecular flexibility index (Phi) is 5.33. The number of rotatable bonds is 6. The van der Waals surface area contributed by atoms with Crippen molar-refractivity contribution < 1.29 is 13.5 Å². The summed E-state index contributed by atoms with van der Waals surface area (Å²) in [7, 11) is 0. The average Bonchev–Trinajstić information content (AvgIpc) is 2.59. The van der Waals surface area contributed by atoms with Crippen molar-refractivity contribution in [2.24, 2.45) is 0 Å². The minimum atomic E-state index is -2.34. The molecule has 1 rings (SSSR count). The maximum Gasteiger partial charge on any atom is 0.261 e. The Morgan fingerprint density at radius 3 is 2.86 bits per heavy atom. The standard InChI is InChI=1S/C10H19F2NO/c1-2-5-13-8-3-4-9(6-8)14-7-10(11)12/h8-10,13H,2-7H2,1H3. The quantitative estimate of drug-likeness (QED) is 0.721. The summed E-state index contributed by atoms with van der Waals surface area (Å²) in [5, 5.41) is 3.38. The maximum absolute atomic E-state index is 11.8. The Balaban J connectivity index is 2.08. The molecule has 2 nitrogen and oxygen atoms in total. The van der Waals surface area contributed by atoms with Crippen molar-refractivity contribution in [3.8, 4) is 0 Å². The summed E-state index contributed by atoms with van der Waals surface area (Å²) >= 11 is 0. The van der Waals surface area contributed by atoms with Crippen LogP contribution >= 0.6 is 0 Å². The zero-order valence-corrected chi connectivity index (χ0v) is 8.64. The molecule has 0 aliphatic heterocycles. The molecule has 2 unspecified atom stereocenters. The van der Waals surface area contributed by atoms with Crippen molar-refractivity contribution in [3.63, 3.8) is 0 Å². The summed E-state index contributed by atoms with van der Waals surface area (Å²) in [6, 6.07) is 0.470. The molecule has 4 heteroatoms. The Hall–Kier alpha value is -0.220. The summed E-state index contributed by atoms with van der Waals surface area (Å²) in [5.41, 5.74) is 0. The van der Waals surface area contributed by atoms with E-state index >= 15 is 0 Å². The molecule has 14 heavy (non-hydrogen) atoms. The molecule has 0 aromatic rings. The first-order valence-corrected chi connectivity index (χ1v) is 5.35. The Labute approximate surface area is 84.0 Å². The highest BCUT2D eigenvalue weighted by Gasteiger charge is 2.25. The van der Waals surface area contributed by atoms with Crippen molar-refractivity contribution in [2.45, 2.75) is 51.2 Å². The van der Waals surface area contributed by atoms with Gasteiger partial charge in [0.25, 0.3) is 6.43 Å². The van der Waals surface area contributed by atoms with E-state index in [1.807, 2.05) is 0 Å². The van der Waals surface area contributed by atoms with Crippen LogP contribution in [0, 0.1) is 0 Å². The molecule has 1 saturated carbocycles. The van der Waals surface area contributed by atoms with Gasteiger partial charge < -0.3 is 10.1 Å². The minimum absolute atomic E-state index is 0.0401. The lowest BCUT2D eigenvalue weighted by atomic mass is 10.2. The highest BCUT2D eigenvalue weighted by molar-refractivity contribution is 4.81. The Bertz CT molecular complexity index is 155. The molecule has 84 valence electrons. The van der Waals surface area contributed by atoms with Gasteiger partial charge in [-0.25, -0.2) is 8.78 Å². The van der Waals surface area contributed by atoms with Gasteiger partial charge in [-0.1, -0.05) is 6.92 Å². The van der Waals surface area contributed by atoms with Gasteiger partial charge in [-0.3, -0.25) is 0 Å². The molecule has 0 heterocycles. The molecule has 1 aliphatic carbocycles. The van der Waals surface area contributed by atoms with Crippen LogP contribution in [-0.4, -0.2) is 31.7 Å². The molecular weight excluding hydrogens is 188 g/mol. The fourth-order valence-corrected chi connectivity index (χ4v) is 1.83. The van der Waals surface area contributed by atoms with E-state index in [9.17, 15) is 8.78 Å². The van der Waals surface area contributed by atoms with Crippen LogP contribution < -0.4 is 5.32 Å². The third-order valence-corrected chi connectivity index (χ3v) is 2.53. The van der Waals surface area contributed by atoms with Gasteiger partial charge in [-0.15, -0.1) is 0 Å². The summed E-state index contributed by atoms with van der Waals surface area (Å²) in [5.74, 6) is 0. The molecule has 0 spiro atoms. The van der Waals surface area contributed by atoms with Crippen LogP contribution in [0.1, 0.15) is 32.6 Å². The molecule has 1 N–H and O–H groups in total. The van der Waals surface area contributed by atoms with Crippen LogP contribution in [0.5, 0.6) is 0 Å². The normalized spacial score (nSPS) is 27.4. The SMILES string of the molecule is CCCNC1CCC(OCC(F)F)C1. The highest BCUT2D eigenvalue weighted by Crippen LogP contribution is 2.22. The van der Waals surface area contributed by atoms with E-state index in [4.69, 9.17) is 4.74 Å². The van der Waals surface area contributed by atoms with Gasteiger partial charge in [0, 0.05) is 6.04 Å². The number of nitrogens with one attached hydrogen (secondary N) is 1. The van der Waals surface area contributed by atoms with Crippen LogP contribution in [0.25, 0.3) is 0 Å². The zero-order chi connectivity index (χ0) is 10.4. The fourth-order valence-electron chi connectivity index (χ4n) is 1.83. The first-order chi connectivity index (χ1) is 6.72. The van der Waals surface area contributed by atoms with Gasteiger partial charge in [0.1, 0.15) is 6.61 Å². The third-order valence-electron chi connectivity index (χ3n) is 2.53. The third kappa shape index (κ3) is 4.33. The van der Waals surface area contributed by atoms with Crippen LogP contribution in [0.4, 0.5) is 8.78 Å². The van der Waals surface area contributed by atoms with E-state index < -0.39 is 13.0 Å². The summed E-state index contributed by atoms with van der Waals surface area (Å²) < 4.78 is 28.8. The second kappa shape index (κ2) is 6.30. The maximum atomic E-state index is 11.8. The Morgan fingerprint density at radius 1 is 1.43 bits per heavy atom. The smallest absolute Gasteiger partial charge is 0.261 e. The fraction of sp³-hybridized carbons (Fsp3) is 1.00. The number of halogens is 2. The summed E-state index contributed by atoms with van der Waals surface area (Å²) in [6.45, 7) is 2.71. The molecule has 0 bridgehead atoms. The molecular formula is C10H19F2NO. The van der Waals surface area contributed by atoms with Crippen molar-refractivity contribution in [1.82, 2.24) is 5.32 Å².